The monoisotopic (exact) mass is 278 g/mol. The number of pyridine rings is 1. The molecule has 2 atom stereocenters. The molecule has 1 aromatic heterocycles. The van der Waals surface area contributed by atoms with Gasteiger partial charge in [-0.1, -0.05) is 26.3 Å². The van der Waals surface area contributed by atoms with Crippen molar-refractivity contribution in [2.75, 3.05) is 0 Å². The quantitative estimate of drug-likeness (QED) is 0.862. The van der Waals surface area contributed by atoms with E-state index in [1.807, 2.05) is 18.3 Å². The Bertz CT molecular complexity index is 263. The molecule has 14 heavy (non-hydrogen) atoms. The van der Waals surface area contributed by atoms with Crippen LogP contribution in [0.25, 0.3) is 0 Å². The first-order valence-electron chi connectivity index (χ1n) is 4.52. The molecule has 80 valence electrons. The lowest BCUT2D eigenvalue weighted by Gasteiger charge is -2.17. The molecule has 2 nitrogen and oxygen atoms in total. The first-order chi connectivity index (χ1) is 6.15. The Hall–Kier alpha value is -0.120. The number of hydrogen-bond donors (Lipinski definition) is 1. The predicted molar refractivity (Wildman–Crippen MR) is 65.6 cm³/mol. The molecule has 1 rings (SSSR count). The topological polar surface area (TPSA) is 38.9 Å². The fourth-order valence-electron chi connectivity index (χ4n) is 1.17. The van der Waals surface area contributed by atoms with Crippen molar-refractivity contribution in [3.05, 3.63) is 28.5 Å². The molecule has 2 N–H and O–H groups in total. The molecule has 0 spiro atoms. The maximum Gasteiger partial charge on any atom is 0.106 e. The van der Waals surface area contributed by atoms with Crippen LogP contribution in [-0.4, -0.2) is 4.98 Å². The molecule has 4 heteroatoms. The van der Waals surface area contributed by atoms with Gasteiger partial charge in [0.15, 0.2) is 0 Å². The number of halogens is 2. The predicted octanol–water partition coefficient (Wildman–Crippen LogP) is 3.31. The molecule has 1 aromatic rings. The van der Waals surface area contributed by atoms with Crippen molar-refractivity contribution in [2.24, 2.45) is 11.7 Å². The number of nitrogens with two attached hydrogens (primary N) is 1. The summed E-state index contributed by atoms with van der Waals surface area (Å²) in [6, 6.07) is 4.05. The van der Waals surface area contributed by atoms with E-state index in [2.05, 4.69) is 34.8 Å². The average molecular weight is 280 g/mol. The average Bonchev–Trinajstić information content (AvgIpc) is 2.17. The lowest BCUT2D eigenvalue weighted by molar-refractivity contribution is 0.456. The van der Waals surface area contributed by atoms with Gasteiger partial charge >= 0.3 is 0 Å². The molecule has 0 aliphatic carbocycles. The molecular weight excluding hydrogens is 263 g/mol. The SMILES string of the molecule is CCC(C)[C@@H](N)c1ccc(Br)nc1.Cl. The second kappa shape index (κ2) is 6.38. The van der Waals surface area contributed by atoms with Crippen LogP contribution in [0.3, 0.4) is 0 Å². The zero-order chi connectivity index (χ0) is 9.84. The van der Waals surface area contributed by atoms with Gasteiger partial charge in [-0.25, -0.2) is 4.98 Å². The van der Waals surface area contributed by atoms with Gasteiger partial charge in [-0.05, 0) is 33.5 Å². The Morgan fingerprint density at radius 3 is 2.57 bits per heavy atom. The molecule has 0 saturated heterocycles. The highest BCUT2D eigenvalue weighted by Crippen LogP contribution is 2.21. The highest BCUT2D eigenvalue weighted by molar-refractivity contribution is 9.10. The van der Waals surface area contributed by atoms with Gasteiger partial charge in [0, 0.05) is 12.2 Å². The largest absolute Gasteiger partial charge is 0.324 e. The molecular formula is C10H16BrClN2. The van der Waals surface area contributed by atoms with Gasteiger partial charge in [-0.3, -0.25) is 0 Å². The zero-order valence-corrected chi connectivity index (χ0v) is 10.8. The summed E-state index contributed by atoms with van der Waals surface area (Å²) in [5.41, 5.74) is 7.15. The molecule has 0 amide bonds. The Morgan fingerprint density at radius 1 is 1.50 bits per heavy atom. The van der Waals surface area contributed by atoms with E-state index in [1.165, 1.54) is 0 Å². The van der Waals surface area contributed by atoms with E-state index in [0.29, 0.717) is 5.92 Å². The molecule has 0 aliphatic rings. The number of rotatable bonds is 3. The van der Waals surface area contributed by atoms with Crippen molar-refractivity contribution in [3.8, 4) is 0 Å². The van der Waals surface area contributed by atoms with Gasteiger partial charge in [0.25, 0.3) is 0 Å². The molecule has 1 heterocycles. The minimum atomic E-state index is 0. The van der Waals surface area contributed by atoms with E-state index < -0.39 is 0 Å². The van der Waals surface area contributed by atoms with Crippen molar-refractivity contribution in [1.29, 1.82) is 0 Å². The molecule has 0 fully saturated rings. The third kappa shape index (κ3) is 3.56. The van der Waals surface area contributed by atoms with Crippen LogP contribution in [0.4, 0.5) is 0 Å². The normalized spacial score (nSPS) is 14.3. The third-order valence-electron chi connectivity index (χ3n) is 2.39. The van der Waals surface area contributed by atoms with Gasteiger partial charge in [0.2, 0.25) is 0 Å². The van der Waals surface area contributed by atoms with E-state index in [9.17, 15) is 0 Å². The van der Waals surface area contributed by atoms with E-state index in [0.717, 1.165) is 16.6 Å². The van der Waals surface area contributed by atoms with E-state index >= 15 is 0 Å². The molecule has 0 aromatic carbocycles. The van der Waals surface area contributed by atoms with Crippen LogP contribution in [0.15, 0.2) is 22.9 Å². The lowest BCUT2D eigenvalue weighted by atomic mass is 9.95. The van der Waals surface area contributed by atoms with Crippen LogP contribution < -0.4 is 5.73 Å². The fourth-order valence-corrected chi connectivity index (χ4v) is 1.40. The molecule has 0 bridgehead atoms. The van der Waals surface area contributed by atoms with Crippen LogP contribution in [0.5, 0.6) is 0 Å². The van der Waals surface area contributed by atoms with Gasteiger partial charge in [0.05, 0.1) is 0 Å². The summed E-state index contributed by atoms with van der Waals surface area (Å²) < 4.78 is 0.854. The van der Waals surface area contributed by atoms with Crippen LogP contribution >= 0.6 is 28.3 Å². The second-order valence-corrected chi connectivity index (χ2v) is 4.14. The second-order valence-electron chi connectivity index (χ2n) is 3.33. The third-order valence-corrected chi connectivity index (χ3v) is 2.86. The highest BCUT2D eigenvalue weighted by Gasteiger charge is 2.12. The van der Waals surface area contributed by atoms with Crippen LogP contribution in [0.2, 0.25) is 0 Å². The maximum atomic E-state index is 6.04. The minimum Gasteiger partial charge on any atom is -0.324 e. The highest BCUT2D eigenvalue weighted by atomic mass is 79.9. The van der Waals surface area contributed by atoms with Crippen molar-refractivity contribution < 1.29 is 0 Å². The van der Waals surface area contributed by atoms with Crippen LogP contribution in [-0.2, 0) is 0 Å². The summed E-state index contributed by atoms with van der Waals surface area (Å²) in [4.78, 5) is 4.15. The van der Waals surface area contributed by atoms with Crippen molar-refractivity contribution >= 4 is 28.3 Å². The minimum absolute atomic E-state index is 0. The van der Waals surface area contributed by atoms with Gasteiger partial charge < -0.3 is 5.73 Å². The van der Waals surface area contributed by atoms with E-state index in [4.69, 9.17) is 5.73 Å². The Morgan fingerprint density at radius 2 is 2.14 bits per heavy atom. The van der Waals surface area contributed by atoms with Gasteiger partial charge in [-0.15, -0.1) is 12.4 Å². The summed E-state index contributed by atoms with van der Waals surface area (Å²) in [5, 5.41) is 0. The molecule has 1 unspecified atom stereocenters. The summed E-state index contributed by atoms with van der Waals surface area (Å²) in [6.45, 7) is 4.31. The first-order valence-corrected chi connectivity index (χ1v) is 5.31. The summed E-state index contributed by atoms with van der Waals surface area (Å²) >= 11 is 3.30. The molecule has 0 radical (unpaired) electrons. The summed E-state index contributed by atoms with van der Waals surface area (Å²) in [5.74, 6) is 0.503. The van der Waals surface area contributed by atoms with Gasteiger partial charge in [0.1, 0.15) is 4.60 Å². The maximum absolute atomic E-state index is 6.04. The zero-order valence-electron chi connectivity index (χ0n) is 8.40. The Balaban J connectivity index is 0.00000169. The van der Waals surface area contributed by atoms with Crippen molar-refractivity contribution in [2.45, 2.75) is 26.3 Å². The van der Waals surface area contributed by atoms with Gasteiger partial charge in [-0.2, -0.15) is 0 Å². The Labute approximate surface area is 99.8 Å². The van der Waals surface area contributed by atoms with E-state index in [-0.39, 0.29) is 18.4 Å². The van der Waals surface area contributed by atoms with Crippen LogP contribution in [0, 0.1) is 5.92 Å². The summed E-state index contributed by atoms with van der Waals surface area (Å²) in [6.07, 6.45) is 2.93. The number of hydrogen-bond acceptors (Lipinski definition) is 2. The standard InChI is InChI=1S/C10H15BrN2.ClH/c1-3-7(2)10(12)8-4-5-9(11)13-6-8;/h4-7,10H,3,12H2,1-2H3;1H/t7?,10-;/m1./s1. The number of nitrogens with zero attached hydrogens (tertiary/aromatic N) is 1. The molecule has 0 saturated carbocycles. The fraction of sp³-hybridized carbons (Fsp3) is 0.500. The number of aromatic nitrogens is 1. The summed E-state index contributed by atoms with van der Waals surface area (Å²) in [7, 11) is 0. The first kappa shape index (κ1) is 13.9. The molecule has 0 aliphatic heterocycles. The van der Waals surface area contributed by atoms with Crippen molar-refractivity contribution in [1.82, 2.24) is 4.98 Å². The lowest BCUT2D eigenvalue weighted by Crippen LogP contribution is -2.18. The Kier molecular flexibility index (Phi) is 6.33. The smallest absolute Gasteiger partial charge is 0.106 e. The van der Waals surface area contributed by atoms with E-state index in [1.54, 1.807) is 0 Å². The van der Waals surface area contributed by atoms with Crippen LogP contribution in [0.1, 0.15) is 31.9 Å². The van der Waals surface area contributed by atoms with Crippen molar-refractivity contribution in [3.63, 3.8) is 0 Å².